The lowest BCUT2D eigenvalue weighted by Gasteiger charge is -2.31. The summed E-state index contributed by atoms with van der Waals surface area (Å²) in [7, 11) is 1.81. The highest BCUT2D eigenvalue weighted by molar-refractivity contribution is 5.70. The van der Waals surface area contributed by atoms with Crippen molar-refractivity contribution in [3.05, 3.63) is 29.7 Å². The van der Waals surface area contributed by atoms with E-state index in [1.807, 2.05) is 26.1 Å². The predicted molar refractivity (Wildman–Crippen MR) is 125 cm³/mol. The molecule has 0 spiro atoms. The Kier molecular flexibility index (Phi) is 6.64. The maximum Gasteiger partial charge on any atom is 0.410 e. The van der Waals surface area contributed by atoms with Crippen LogP contribution in [0.25, 0.3) is 11.3 Å². The number of amides is 1. The van der Waals surface area contributed by atoms with Crippen LogP contribution in [0, 0.1) is 12.8 Å². The molecule has 2 aromatic rings. The maximum absolute atomic E-state index is 12.7. The second kappa shape index (κ2) is 9.85. The molecule has 3 aliphatic rings. The van der Waals surface area contributed by atoms with Crippen molar-refractivity contribution in [3.63, 3.8) is 0 Å². The van der Waals surface area contributed by atoms with E-state index in [0.717, 1.165) is 42.6 Å². The molecule has 10 heteroatoms. The molecule has 2 aliphatic heterocycles. The molecule has 188 valence electrons. The zero-order chi connectivity index (χ0) is 24.5. The quantitative estimate of drug-likeness (QED) is 0.664. The number of hydrogen-bond acceptors (Lipinski definition) is 7. The molecule has 1 saturated carbocycles. The average Bonchev–Trinajstić information content (AvgIpc) is 3.39. The molecule has 1 N–H and O–H groups in total. The Hall–Kier alpha value is -3.14. The van der Waals surface area contributed by atoms with Crippen molar-refractivity contribution in [2.75, 3.05) is 13.1 Å². The number of aromatic nitrogens is 3. The number of carboxylic acid groups (broad SMARTS) is 1. The number of fused-ring (bicyclic) bond motifs is 2. The van der Waals surface area contributed by atoms with Gasteiger partial charge in [-0.15, -0.1) is 0 Å². The fourth-order valence-corrected chi connectivity index (χ4v) is 5.31. The Morgan fingerprint density at radius 3 is 2.66 bits per heavy atom. The lowest BCUT2D eigenvalue weighted by molar-refractivity contribution is -0.143. The second-order valence-corrected chi connectivity index (χ2v) is 9.77. The van der Waals surface area contributed by atoms with E-state index in [9.17, 15) is 14.7 Å². The first kappa shape index (κ1) is 23.6. The van der Waals surface area contributed by atoms with Gasteiger partial charge in [-0.1, -0.05) is 0 Å². The normalized spacial score (nSPS) is 25.9. The molecule has 2 unspecified atom stereocenters. The number of aliphatic carboxylic acids is 1. The first-order chi connectivity index (χ1) is 16.9. The first-order valence-corrected chi connectivity index (χ1v) is 12.3. The minimum Gasteiger partial charge on any atom is -0.489 e. The summed E-state index contributed by atoms with van der Waals surface area (Å²) in [5.41, 5.74) is 2.98. The van der Waals surface area contributed by atoms with Crippen LogP contribution in [0.1, 0.15) is 49.9 Å². The van der Waals surface area contributed by atoms with Gasteiger partial charge in [-0.05, 0) is 57.6 Å². The standard InChI is InChI=1S/C25H32N4O6/c1-15-23(35-17-5-3-4-16(10-17)24(30)31)9-8-21(27-15)20-11-26-28(2)22(20)14-33-25(32)29-12-18-6-7-19(13-29)34-18/h8-9,11,16-19H,3-7,10,12-14H2,1-2H3,(H,30,31)/t16-,17-,18?,19?/m1/s1. The van der Waals surface area contributed by atoms with Crippen molar-refractivity contribution in [3.8, 4) is 17.0 Å². The van der Waals surface area contributed by atoms with Crippen LogP contribution >= 0.6 is 0 Å². The largest absolute Gasteiger partial charge is 0.489 e. The number of carbonyl (C=O) groups is 2. The topological polar surface area (TPSA) is 116 Å². The number of carbonyl (C=O) groups excluding carboxylic acids is 1. The van der Waals surface area contributed by atoms with Gasteiger partial charge in [0.1, 0.15) is 12.4 Å². The molecule has 0 aromatic carbocycles. The number of morpholine rings is 1. The third-order valence-corrected chi connectivity index (χ3v) is 7.28. The van der Waals surface area contributed by atoms with Crippen LogP contribution < -0.4 is 4.74 Å². The van der Waals surface area contributed by atoms with Gasteiger partial charge in [-0.3, -0.25) is 9.48 Å². The van der Waals surface area contributed by atoms with E-state index in [2.05, 4.69) is 5.10 Å². The van der Waals surface area contributed by atoms with Crippen molar-refractivity contribution < 1.29 is 28.9 Å². The van der Waals surface area contributed by atoms with Gasteiger partial charge in [0.05, 0.1) is 60.6 Å². The van der Waals surface area contributed by atoms with Gasteiger partial charge >= 0.3 is 12.1 Å². The van der Waals surface area contributed by atoms with Gasteiger partial charge in [-0.2, -0.15) is 5.10 Å². The van der Waals surface area contributed by atoms with Gasteiger partial charge in [0.25, 0.3) is 0 Å². The van der Waals surface area contributed by atoms with E-state index < -0.39 is 5.97 Å². The van der Waals surface area contributed by atoms with Crippen LogP contribution in [0.2, 0.25) is 0 Å². The molecular formula is C25H32N4O6. The molecule has 4 heterocycles. The minimum atomic E-state index is -0.755. The zero-order valence-corrected chi connectivity index (χ0v) is 20.2. The van der Waals surface area contributed by atoms with Crippen LogP contribution in [0.15, 0.2) is 18.3 Å². The lowest BCUT2D eigenvalue weighted by atomic mass is 9.87. The van der Waals surface area contributed by atoms with E-state index in [-0.39, 0.29) is 36.9 Å². The number of likely N-dealkylation sites (tertiary alicyclic amines) is 1. The Morgan fingerprint density at radius 1 is 1.17 bits per heavy atom. The molecule has 5 rings (SSSR count). The maximum atomic E-state index is 12.7. The summed E-state index contributed by atoms with van der Waals surface area (Å²) in [5, 5.41) is 13.7. The number of ether oxygens (including phenoxy) is 3. The Morgan fingerprint density at radius 2 is 1.94 bits per heavy atom. The monoisotopic (exact) mass is 484 g/mol. The average molecular weight is 485 g/mol. The van der Waals surface area contributed by atoms with Crippen molar-refractivity contribution >= 4 is 12.1 Å². The molecule has 35 heavy (non-hydrogen) atoms. The van der Waals surface area contributed by atoms with Crippen molar-refractivity contribution in [1.29, 1.82) is 0 Å². The molecule has 1 amide bonds. The van der Waals surface area contributed by atoms with Crippen molar-refractivity contribution in [2.24, 2.45) is 13.0 Å². The third-order valence-electron chi connectivity index (χ3n) is 7.28. The molecule has 3 fully saturated rings. The Labute approximate surface area is 204 Å². The van der Waals surface area contributed by atoms with Gasteiger partial charge in [0.15, 0.2) is 0 Å². The van der Waals surface area contributed by atoms with Gasteiger partial charge in [-0.25, -0.2) is 9.78 Å². The summed E-state index contributed by atoms with van der Waals surface area (Å²) in [6.07, 6.45) is 6.37. The highest BCUT2D eigenvalue weighted by atomic mass is 16.6. The second-order valence-electron chi connectivity index (χ2n) is 9.77. The van der Waals surface area contributed by atoms with Crippen LogP contribution in [-0.4, -0.2) is 68.2 Å². The molecule has 4 atom stereocenters. The smallest absolute Gasteiger partial charge is 0.410 e. The number of nitrogens with zero attached hydrogens (tertiary/aromatic N) is 4. The highest BCUT2D eigenvalue weighted by Gasteiger charge is 2.36. The molecule has 2 bridgehead atoms. The third kappa shape index (κ3) is 5.12. The van der Waals surface area contributed by atoms with E-state index >= 15 is 0 Å². The zero-order valence-electron chi connectivity index (χ0n) is 20.2. The molecule has 2 saturated heterocycles. The van der Waals surface area contributed by atoms with Crippen molar-refractivity contribution in [1.82, 2.24) is 19.7 Å². The fourth-order valence-electron chi connectivity index (χ4n) is 5.31. The summed E-state index contributed by atoms with van der Waals surface area (Å²) in [6.45, 7) is 3.11. The molecule has 10 nitrogen and oxygen atoms in total. The number of rotatable bonds is 6. The highest BCUT2D eigenvalue weighted by Crippen LogP contribution is 2.31. The fraction of sp³-hybridized carbons (Fsp3) is 0.600. The van der Waals surface area contributed by atoms with Crippen LogP contribution in [-0.2, 0) is 27.9 Å². The van der Waals surface area contributed by atoms with Gasteiger partial charge in [0.2, 0.25) is 0 Å². The van der Waals surface area contributed by atoms with Crippen molar-refractivity contribution in [2.45, 2.75) is 70.4 Å². The summed E-state index contributed by atoms with van der Waals surface area (Å²) >= 11 is 0. The van der Waals surface area contributed by atoms with E-state index in [4.69, 9.17) is 19.2 Å². The number of aryl methyl sites for hydroxylation is 2. The number of hydrogen-bond donors (Lipinski definition) is 1. The van der Waals surface area contributed by atoms with E-state index in [0.29, 0.717) is 37.4 Å². The van der Waals surface area contributed by atoms with E-state index in [1.54, 1.807) is 15.8 Å². The van der Waals surface area contributed by atoms with Crippen LogP contribution in [0.3, 0.4) is 0 Å². The SMILES string of the molecule is Cc1nc(-c2cnn(C)c2COC(=O)N2CC3CCC(C2)O3)ccc1O[C@@H]1CCC[C@@H](C(=O)O)C1. The molecular weight excluding hydrogens is 452 g/mol. The summed E-state index contributed by atoms with van der Waals surface area (Å²) in [6, 6.07) is 3.73. The molecule has 1 aliphatic carbocycles. The predicted octanol–water partition coefficient (Wildman–Crippen LogP) is 3.31. The lowest BCUT2D eigenvalue weighted by Crippen LogP contribution is -2.46. The van der Waals surface area contributed by atoms with Gasteiger partial charge < -0.3 is 24.2 Å². The number of pyridine rings is 1. The van der Waals surface area contributed by atoms with Crippen LogP contribution in [0.4, 0.5) is 4.79 Å². The van der Waals surface area contributed by atoms with Crippen LogP contribution in [0.5, 0.6) is 5.75 Å². The summed E-state index contributed by atoms with van der Waals surface area (Å²) < 4.78 is 19.3. The molecule has 0 radical (unpaired) electrons. The summed E-state index contributed by atoms with van der Waals surface area (Å²) in [4.78, 5) is 30.5. The van der Waals surface area contributed by atoms with E-state index in [1.165, 1.54) is 0 Å². The number of carboxylic acids is 1. The minimum absolute atomic E-state index is 0.0922. The first-order valence-electron chi connectivity index (χ1n) is 12.3. The molecule has 2 aromatic heterocycles. The van der Waals surface area contributed by atoms with Gasteiger partial charge in [0, 0.05) is 12.6 Å². The Bertz CT molecular complexity index is 1090. The summed E-state index contributed by atoms with van der Waals surface area (Å²) in [5.74, 6) is -0.451. The Balaban J connectivity index is 1.24.